The number of ether oxygens (including phenoxy) is 1. The van der Waals surface area contributed by atoms with E-state index in [1.807, 2.05) is 0 Å². The van der Waals surface area contributed by atoms with Crippen LogP contribution in [-0.2, 0) is 0 Å². The van der Waals surface area contributed by atoms with Gasteiger partial charge in [0.15, 0.2) is 5.13 Å². The molecular weight excluding hydrogens is 336 g/mol. The van der Waals surface area contributed by atoms with Crippen molar-refractivity contribution in [1.82, 2.24) is 9.97 Å². The van der Waals surface area contributed by atoms with Crippen molar-refractivity contribution in [2.45, 2.75) is 0 Å². The molecule has 0 saturated carbocycles. The number of anilines is 1. The number of pyridine rings is 1. The van der Waals surface area contributed by atoms with Gasteiger partial charge in [-0.1, -0.05) is 0 Å². The maximum Gasteiger partial charge on any atom is 0.257 e. The molecule has 0 saturated heterocycles. The Labute approximate surface area is 140 Å². The molecule has 1 amide bonds. The Kier molecular flexibility index (Phi) is 4.48. The molecule has 3 aromatic rings. The summed E-state index contributed by atoms with van der Waals surface area (Å²) in [5.74, 6) is -1.88. The average Bonchev–Trinajstić information content (AvgIpc) is 3.02. The Hall–Kier alpha value is -2.87. The standard InChI is InChI=1S/C16H11F2N3O2S/c1-23-10-6-11(17)14(12(18)7-10)13-8-24-16(20-13)21-15(22)9-2-4-19-5-3-9/h2-8H,1H3,(H,20,21,22). The van der Waals surface area contributed by atoms with Gasteiger partial charge in [-0.25, -0.2) is 13.8 Å². The molecule has 2 aromatic heterocycles. The monoisotopic (exact) mass is 347 g/mol. The molecule has 0 unspecified atom stereocenters. The van der Waals surface area contributed by atoms with Gasteiger partial charge in [0.25, 0.3) is 5.91 Å². The first-order valence-corrected chi connectivity index (χ1v) is 7.66. The van der Waals surface area contributed by atoms with E-state index in [1.165, 1.54) is 24.9 Å². The van der Waals surface area contributed by atoms with Crippen LogP contribution in [0, 0.1) is 11.6 Å². The number of carbonyl (C=O) groups excluding carboxylic acids is 1. The fourth-order valence-electron chi connectivity index (χ4n) is 2.03. The van der Waals surface area contributed by atoms with E-state index in [1.54, 1.807) is 12.1 Å². The van der Waals surface area contributed by atoms with E-state index >= 15 is 0 Å². The van der Waals surface area contributed by atoms with Crippen LogP contribution in [0.3, 0.4) is 0 Å². The van der Waals surface area contributed by atoms with Crippen LogP contribution in [0.25, 0.3) is 11.3 Å². The summed E-state index contributed by atoms with van der Waals surface area (Å²) in [4.78, 5) is 19.9. The van der Waals surface area contributed by atoms with Crippen LogP contribution in [-0.4, -0.2) is 23.0 Å². The van der Waals surface area contributed by atoms with Crippen molar-refractivity contribution in [3.8, 4) is 17.0 Å². The van der Waals surface area contributed by atoms with E-state index in [4.69, 9.17) is 4.74 Å². The first-order chi connectivity index (χ1) is 11.6. The third kappa shape index (κ3) is 3.23. The molecule has 24 heavy (non-hydrogen) atoms. The van der Waals surface area contributed by atoms with Crippen molar-refractivity contribution in [2.24, 2.45) is 0 Å². The van der Waals surface area contributed by atoms with E-state index in [2.05, 4.69) is 15.3 Å². The average molecular weight is 347 g/mol. The Morgan fingerprint density at radius 2 is 1.88 bits per heavy atom. The number of hydrogen-bond donors (Lipinski definition) is 1. The summed E-state index contributed by atoms with van der Waals surface area (Å²) in [5.41, 5.74) is 0.239. The molecule has 0 spiro atoms. The second-order valence-electron chi connectivity index (χ2n) is 4.69. The number of nitrogens with zero attached hydrogens (tertiary/aromatic N) is 2. The number of nitrogens with one attached hydrogen (secondary N) is 1. The summed E-state index contributed by atoms with van der Waals surface area (Å²) in [6.45, 7) is 0. The highest BCUT2D eigenvalue weighted by Crippen LogP contribution is 2.32. The van der Waals surface area contributed by atoms with Crippen molar-refractivity contribution < 1.29 is 18.3 Å². The van der Waals surface area contributed by atoms with Crippen molar-refractivity contribution in [2.75, 3.05) is 12.4 Å². The summed E-state index contributed by atoms with van der Waals surface area (Å²) < 4.78 is 33.0. The van der Waals surface area contributed by atoms with Crippen molar-refractivity contribution >= 4 is 22.4 Å². The first kappa shape index (κ1) is 16.0. The van der Waals surface area contributed by atoms with Crippen LogP contribution in [0.15, 0.2) is 42.0 Å². The molecule has 2 heterocycles. The number of aromatic nitrogens is 2. The van der Waals surface area contributed by atoms with Gasteiger partial charge in [-0.3, -0.25) is 15.1 Å². The number of methoxy groups -OCH3 is 1. The lowest BCUT2D eigenvalue weighted by Gasteiger charge is -2.05. The Morgan fingerprint density at radius 1 is 1.21 bits per heavy atom. The van der Waals surface area contributed by atoms with Crippen LogP contribution >= 0.6 is 11.3 Å². The van der Waals surface area contributed by atoms with E-state index in [0.717, 1.165) is 23.5 Å². The fraction of sp³-hybridized carbons (Fsp3) is 0.0625. The number of benzene rings is 1. The molecule has 8 heteroatoms. The van der Waals surface area contributed by atoms with Gasteiger partial charge in [0.05, 0.1) is 18.4 Å². The normalized spacial score (nSPS) is 10.5. The Morgan fingerprint density at radius 3 is 2.50 bits per heavy atom. The second-order valence-corrected chi connectivity index (χ2v) is 5.55. The number of hydrogen-bond acceptors (Lipinski definition) is 5. The maximum absolute atomic E-state index is 14.1. The lowest BCUT2D eigenvalue weighted by atomic mass is 10.1. The molecule has 0 aliphatic heterocycles. The third-order valence-corrected chi connectivity index (χ3v) is 3.93. The van der Waals surface area contributed by atoms with Crippen molar-refractivity contribution in [1.29, 1.82) is 0 Å². The predicted molar refractivity (Wildman–Crippen MR) is 86.2 cm³/mol. The van der Waals surface area contributed by atoms with Gasteiger partial charge in [0.2, 0.25) is 0 Å². The zero-order valence-corrected chi connectivity index (χ0v) is 13.2. The Balaban J connectivity index is 1.85. The van der Waals surface area contributed by atoms with E-state index in [9.17, 15) is 13.6 Å². The summed E-state index contributed by atoms with van der Waals surface area (Å²) in [7, 11) is 1.32. The highest BCUT2D eigenvalue weighted by atomic mass is 32.1. The largest absolute Gasteiger partial charge is 0.497 e. The van der Waals surface area contributed by atoms with Crippen LogP contribution in [0.2, 0.25) is 0 Å². The highest BCUT2D eigenvalue weighted by Gasteiger charge is 2.17. The molecule has 0 aliphatic carbocycles. The number of rotatable bonds is 4. The summed E-state index contributed by atoms with van der Waals surface area (Å²) in [6, 6.07) is 5.25. The minimum atomic E-state index is -0.788. The molecule has 0 fully saturated rings. The molecule has 5 nitrogen and oxygen atoms in total. The summed E-state index contributed by atoms with van der Waals surface area (Å²) in [5, 5.41) is 4.29. The molecular formula is C16H11F2N3O2S. The highest BCUT2D eigenvalue weighted by molar-refractivity contribution is 7.14. The number of thiazole rings is 1. The molecule has 0 radical (unpaired) electrons. The molecule has 0 aliphatic rings. The lowest BCUT2D eigenvalue weighted by Crippen LogP contribution is -2.11. The Bertz CT molecular complexity index is 861. The molecule has 1 N–H and O–H groups in total. The zero-order valence-electron chi connectivity index (χ0n) is 12.4. The molecule has 122 valence electrons. The van der Waals surface area contributed by atoms with Gasteiger partial charge in [0.1, 0.15) is 17.4 Å². The number of amides is 1. The predicted octanol–water partition coefficient (Wildman–Crippen LogP) is 3.74. The summed E-state index contributed by atoms with van der Waals surface area (Å²) in [6.07, 6.45) is 2.98. The quantitative estimate of drug-likeness (QED) is 0.781. The first-order valence-electron chi connectivity index (χ1n) is 6.79. The van der Waals surface area contributed by atoms with Crippen LogP contribution in [0.5, 0.6) is 5.75 Å². The molecule has 3 rings (SSSR count). The second kappa shape index (κ2) is 6.71. The lowest BCUT2D eigenvalue weighted by molar-refractivity contribution is 0.102. The van der Waals surface area contributed by atoms with Crippen LogP contribution in [0.1, 0.15) is 10.4 Å². The molecule has 1 aromatic carbocycles. The summed E-state index contributed by atoms with van der Waals surface area (Å²) >= 11 is 1.07. The number of carbonyl (C=O) groups is 1. The molecule has 0 atom stereocenters. The fourth-order valence-corrected chi connectivity index (χ4v) is 2.73. The number of halogens is 2. The van der Waals surface area contributed by atoms with Crippen molar-refractivity contribution in [3.63, 3.8) is 0 Å². The van der Waals surface area contributed by atoms with E-state index < -0.39 is 11.6 Å². The van der Waals surface area contributed by atoms with Gasteiger partial charge in [-0.15, -0.1) is 11.3 Å². The van der Waals surface area contributed by atoms with Gasteiger partial charge in [0, 0.05) is 35.5 Å². The molecule has 0 bridgehead atoms. The zero-order chi connectivity index (χ0) is 17.1. The maximum atomic E-state index is 14.1. The van der Waals surface area contributed by atoms with Crippen molar-refractivity contribution in [3.05, 3.63) is 59.2 Å². The van der Waals surface area contributed by atoms with Gasteiger partial charge < -0.3 is 4.74 Å². The van der Waals surface area contributed by atoms with E-state index in [0.29, 0.717) is 5.56 Å². The van der Waals surface area contributed by atoms with Gasteiger partial charge >= 0.3 is 0 Å². The van der Waals surface area contributed by atoms with Gasteiger partial charge in [-0.2, -0.15) is 0 Å². The SMILES string of the molecule is COc1cc(F)c(-c2csc(NC(=O)c3ccncc3)n2)c(F)c1. The third-order valence-electron chi connectivity index (χ3n) is 3.17. The minimum Gasteiger partial charge on any atom is -0.497 e. The van der Waals surface area contributed by atoms with Gasteiger partial charge in [-0.05, 0) is 12.1 Å². The smallest absolute Gasteiger partial charge is 0.257 e. The topological polar surface area (TPSA) is 64.1 Å². The van der Waals surface area contributed by atoms with Crippen LogP contribution in [0.4, 0.5) is 13.9 Å². The van der Waals surface area contributed by atoms with E-state index in [-0.39, 0.29) is 28.0 Å². The van der Waals surface area contributed by atoms with Crippen LogP contribution < -0.4 is 10.1 Å². The minimum absolute atomic E-state index is 0.0789.